The molecule has 0 saturated heterocycles. The fourth-order valence-corrected chi connectivity index (χ4v) is 1.55. The van der Waals surface area contributed by atoms with E-state index in [1.54, 1.807) is 30.2 Å². The lowest BCUT2D eigenvalue weighted by Gasteiger charge is -2.13. The van der Waals surface area contributed by atoms with Crippen LogP contribution in [0.15, 0.2) is 24.3 Å². The molecule has 1 aromatic carbocycles. The fraction of sp³-hybridized carbons (Fsp3) is 0.429. The molecule has 0 spiro atoms. The van der Waals surface area contributed by atoms with E-state index >= 15 is 0 Å². The van der Waals surface area contributed by atoms with Crippen LogP contribution in [0.25, 0.3) is 0 Å². The van der Waals surface area contributed by atoms with Crippen molar-refractivity contribution in [1.82, 2.24) is 0 Å². The van der Waals surface area contributed by atoms with Crippen molar-refractivity contribution in [3.05, 3.63) is 35.4 Å². The van der Waals surface area contributed by atoms with E-state index in [0.717, 1.165) is 5.56 Å². The largest absolute Gasteiger partial charge is 0.465 e. The molecule has 0 aliphatic heterocycles. The number of hydrogen-bond acceptors (Lipinski definition) is 3. The number of methoxy groups -OCH3 is 1. The average Bonchev–Trinajstić information content (AvgIpc) is 2.34. The van der Waals surface area contributed by atoms with Gasteiger partial charge in [0.1, 0.15) is 7.11 Å². The van der Waals surface area contributed by atoms with Gasteiger partial charge in [-0.1, -0.05) is 12.1 Å². The maximum atomic E-state index is 11.7. The van der Waals surface area contributed by atoms with E-state index in [1.807, 2.05) is 32.9 Å². The van der Waals surface area contributed by atoms with Crippen molar-refractivity contribution in [3.8, 4) is 0 Å². The van der Waals surface area contributed by atoms with Crippen LogP contribution in [0.1, 0.15) is 36.7 Å². The third-order valence-corrected chi connectivity index (χ3v) is 2.48. The fourth-order valence-electron chi connectivity index (χ4n) is 1.55. The molecule has 1 rings (SSSR count). The van der Waals surface area contributed by atoms with Crippen LogP contribution >= 0.6 is 0 Å². The normalized spacial score (nSPS) is 12.2. The molecule has 0 N–H and O–H groups in total. The van der Waals surface area contributed by atoms with Gasteiger partial charge in [-0.25, -0.2) is 4.79 Å². The molecule has 18 heavy (non-hydrogen) atoms. The zero-order valence-electron chi connectivity index (χ0n) is 11.6. The second-order valence-electron chi connectivity index (χ2n) is 4.89. The van der Waals surface area contributed by atoms with Crippen molar-refractivity contribution in [2.45, 2.75) is 26.3 Å². The van der Waals surface area contributed by atoms with Crippen LogP contribution in [0, 0.1) is 0 Å². The number of nitrogens with zero attached hydrogens (tertiary/aromatic N) is 1. The third-order valence-electron chi connectivity index (χ3n) is 2.48. The molecule has 0 aliphatic carbocycles. The molecule has 0 aliphatic rings. The molecule has 1 aromatic rings. The molecule has 0 atom stereocenters. The Bertz CT molecular complexity index is 458. The summed E-state index contributed by atoms with van der Waals surface area (Å²) in [7, 11) is 2.97. The highest BCUT2D eigenvalue weighted by atomic mass is 16.7. The van der Waals surface area contributed by atoms with Crippen LogP contribution in [-0.4, -0.2) is 36.7 Å². The molecule has 0 fully saturated rings. The Kier molecular flexibility index (Phi) is 4.48. The Morgan fingerprint density at radius 3 is 2.33 bits per heavy atom. The first-order valence-corrected chi connectivity index (χ1v) is 5.76. The van der Waals surface area contributed by atoms with E-state index in [4.69, 9.17) is 9.57 Å². The molecule has 0 unspecified atom stereocenters. The summed E-state index contributed by atoms with van der Waals surface area (Å²) >= 11 is 0. The van der Waals surface area contributed by atoms with Crippen molar-refractivity contribution in [3.63, 3.8) is 0 Å². The summed E-state index contributed by atoms with van der Waals surface area (Å²) in [6.07, 6.45) is 1.80. The summed E-state index contributed by atoms with van der Waals surface area (Å²) in [4.78, 5) is 17.0. The Morgan fingerprint density at radius 2 is 1.83 bits per heavy atom. The molecular formula is C14H20NO3+. The van der Waals surface area contributed by atoms with Gasteiger partial charge in [-0.3, -0.25) is 4.84 Å². The summed E-state index contributed by atoms with van der Waals surface area (Å²) in [5.41, 5.74) is 1.09. The summed E-state index contributed by atoms with van der Waals surface area (Å²) in [6, 6.07) is 7.25. The third kappa shape index (κ3) is 3.32. The zero-order valence-corrected chi connectivity index (χ0v) is 11.6. The number of esters is 1. The van der Waals surface area contributed by atoms with E-state index in [2.05, 4.69) is 0 Å². The van der Waals surface area contributed by atoms with Crippen molar-refractivity contribution in [2.24, 2.45) is 0 Å². The standard InChI is InChI=1S/C14H20NO3/c1-14(2,3)15(18-5)10-11-8-6-7-9-12(11)13(16)17-4/h6-10H,1-5H3/q+1/b15-10-. The van der Waals surface area contributed by atoms with Crippen molar-refractivity contribution >= 4 is 12.2 Å². The molecule has 0 bridgehead atoms. The number of ether oxygens (including phenoxy) is 1. The Morgan fingerprint density at radius 1 is 1.22 bits per heavy atom. The van der Waals surface area contributed by atoms with Gasteiger partial charge in [-0.05, 0) is 16.9 Å². The van der Waals surface area contributed by atoms with Crippen LogP contribution in [0.5, 0.6) is 0 Å². The number of carbonyl (C=O) groups is 1. The second-order valence-corrected chi connectivity index (χ2v) is 4.89. The second kappa shape index (κ2) is 5.67. The summed E-state index contributed by atoms with van der Waals surface area (Å²) in [6.45, 7) is 6.06. The average molecular weight is 250 g/mol. The number of hydroxylamine groups is 1. The smallest absolute Gasteiger partial charge is 0.338 e. The lowest BCUT2D eigenvalue weighted by Crippen LogP contribution is -2.33. The summed E-state index contributed by atoms with van der Waals surface area (Å²) in [5, 5.41) is 0. The molecule has 4 heteroatoms. The number of carbonyl (C=O) groups excluding carboxylic acids is 1. The van der Waals surface area contributed by atoms with E-state index in [9.17, 15) is 4.79 Å². The SMILES string of the molecule is COC(=O)c1ccccc1/C=[N+](\OC)C(C)(C)C. The number of hydrogen-bond donors (Lipinski definition) is 0. The van der Waals surface area contributed by atoms with Crippen molar-refractivity contribution in [2.75, 3.05) is 14.2 Å². The highest BCUT2D eigenvalue weighted by Gasteiger charge is 2.27. The van der Waals surface area contributed by atoms with Gasteiger partial charge in [0, 0.05) is 20.8 Å². The first-order valence-electron chi connectivity index (χ1n) is 5.76. The minimum atomic E-state index is -0.355. The highest BCUT2D eigenvalue weighted by molar-refractivity contribution is 5.98. The lowest BCUT2D eigenvalue weighted by molar-refractivity contribution is -0.821. The number of benzene rings is 1. The molecule has 0 heterocycles. The number of rotatable bonds is 3. The monoisotopic (exact) mass is 250 g/mol. The molecular weight excluding hydrogens is 230 g/mol. The molecule has 4 nitrogen and oxygen atoms in total. The Balaban J connectivity index is 3.25. The topological polar surface area (TPSA) is 38.5 Å². The van der Waals surface area contributed by atoms with Gasteiger partial charge in [0.05, 0.1) is 18.2 Å². The van der Waals surface area contributed by atoms with Gasteiger partial charge in [0.15, 0.2) is 0 Å². The van der Waals surface area contributed by atoms with Gasteiger partial charge in [-0.2, -0.15) is 0 Å². The summed E-state index contributed by atoms with van der Waals surface area (Å²) in [5.74, 6) is -0.355. The molecule has 0 saturated carbocycles. The van der Waals surface area contributed by atoms with Gasteiger partial charge < -0.3 is 4.74 Å². The molecule has 98 valence electrons. The first-order chi connectivity index (χ1) is 8.40. The molecule has 0 aromatic heterocycles. The van der Waals surface area contributed by atoms with E-state index < -0.39 is 0 Å². The van der Waals surface area contributed by atoms with E-state index in [-0.39, 0.29) is 11.5 Å². The van der Waals surface area contributed by atoms with Crippen molar-refractivity contribution in [1.29, 1.82) is 0 Å². The quantitative estimate of drug-likeness (QED) is 0.357. The zero-order chi connectivity index (χ0) is 13.8. The lowest BCUT2D eigenvalue weighted by atomic mass is 10.1. The van der Waals surface area contributed by atoms with Crippen LogP contribution < -0.4 is 0 Å². The van der Waals surface area contributed by atoms with Crippen LogP contribution in [0.2, 0.25) is 0 Å². The van der Waals surface area contributed by atoms with Crippen molar-refractivity contribution < 1.29 is 19.1 Å². The maximum Gasteiger partial charge on any atom is 0.338 e. The Labute approximate surface area is 108 Å². The maximum absolute atomic E-state index is 11.7. The molecule has 0 amide bonds. The van der Waals surface area contributed by atoms with Gasteiger partial charge in [-0.15, -0.1) is 0 Å². The first kappa shape index (κ1) is 14.2. The van der Waals surface area contributed by atoms with Crippen LogP contribution in [0.4, 0.5) is 0 Å². The highest BCUT2D eigenvalue weighted by Crippen LogP contribution is 2.11. The Hall–Kier alpha value is -1.84. The molecule has 0 radical (unpaired) electrons. The van der Waals surface area contributed by atoms with Gasteiger partial charge in [0.25, 0.3) is 0 Å². The minimum Gasteiger partial charge on any atom is -0.465 e. The van der Waals surface area contributed by atoms with Crippen LogP contribution in [-0.2, 0) is 9.57 Å². The summed E-state index contributed by atoms with van der Waals surface area (Å²) < 4.78 is 6.46. The van der Waals surface area contributed by atoms with E-state index in [1.165, 1.54) is 7.11 Å². The predicted octanol–water partition coefficient (Wildman–Crippen LogP) is 2.26. The minimum absolute atomic E-state index is 0.196. The van der Waals surface area contributed by atoms with Gasteiger partial charge in [0.2, 0.25) is 11.8 Å². The predicted molar refractivity (Wildman–Crippen MR) is 70.0 cm³/mol. The van der Waals surface area contributed by atoms with E-state index in [0.29, 0.717) is 5.56 Å². The van der Waals surface area contributed by atoms with Crippen LogP contribution in [0.3, 0.4) is 0 Å². The van der Waals surface area contributed by atoms with Gasteiger partial charge >= 0.3 is 5.97 Å².